The maximum absolute atomic E-state index is 11.9. The molecular weight excluding hydrogens is 309 g/mol. The second-order valence-electron chi connectivity index (χ2n) is 3.40. The first kappa shape index (κ1) is 15.0. The molecule has 1 rings (SSSR count). The van der Waals surface area contributed by atoms with Crippen LogP contribution in [0.2, 0.25) is 15.1 Å². The van der Waals surface area contributed by atoms with Crippen LogP contribution in [0.3, 0.4) is 0 Å². The Kier molecular flexibility index (Phi) is 5.07. The van der Waals surface area contributed by atoms with Crippen molar-refractivity contribution in [1.29, 1.82) is 0 Å². The molecule has 0 aliphatic carbocycles. The van der Waals surface area contributed by atoms with Gasteiger partial charge in [0.25, 0.3) is 0 Å². The molecule has 96 valence electrons. The summed E-state index contributed by atoms with van der Waals surface area (Å²) in [4.78, 5) is -0.245. The van der Waals surface area contributed by atoms with E-state index in [9.17, 15) is 8.42 Å². The van der Waals surface area contributed by atoms with Gasteiger partial charge in [0.2, 0.25) is 10.0 Å². The quantitative estimate of drug-likeness (QED) is 0.895. The summed E-state index contributed by atoms with van der Waals surface area (Å²) in [5, 5.41) is 9.14. The number of hydrogen-bond acceptors (Lipinski definition) is 3. The van der Waals surface area contributed by atoms with E-state index in [2.05, 4.69) is 4.72 Å². The second kappa shape index (κ2) is 5.73. The fourth-order valence-corrected chi connectivity index (χ4v) is 3.75. The first-order chi connectivity index (χ1) is 7.74. The Labute approximate surface area is 115 Å². The highest BCUT2D eigenvalue weighted by Crippen LogP contribution is 2.32. The Balaban J connectivity index is 3.16. The molecule has 8 heteroatoms. The average Bonchev–Trinajstić information content (AvgIpc) is 2.12. The van der Waals surface area contributed by atoms with Crippen LogP contribution in [-0.2, 0) is 10.0 Å². The highest BCUT2D eigenvalue weighted by Gasteiger charge is 2.22. The Hall–Kier alpha value is -0.0400. The van der Waals surface area contributed by atoms with Gasteiger partial charge in [-0.05, 0) is 19.1 Å². The van der Waals surface area contributed by atoms with Crippen molar-refractivity contribution in [3.8, 4) is 0 Å². The van der Waals surface area contributed by atoms with Crippen molar-refractivity contribution in [3.05, 3.63) is 27.2 Å². The highest BCUT2D eigenvalue weighted by atomic mass is 35.5. The van der Waals surface area contributed by atoms with Gasteiger partial charge in [0, 0.05) is 11.6 Å². The van der Waals surface area contributed by atoms with E-state index in [1.807, 2.05) is 0 Å². The van der Waals surface area contributed by atoms with Crippen LogP contribution in [-0.4, -0.2) is 26.2 Å². The molecule has 2 N–H and O–H groups in total. The van der Waals surface area contributed by atoms with Crippen LogP contribution < -0.4 is 4.72 Å². The third-order valence-electron chi connectivity index (χ3n) is 1.80. The van der Waals surface area contributed by atoms with Gasteiger partial charge in [0.05, 0.1) is 16.1 Å². The van der Waals surface area contributed by atoms with E-state index in [1.165, 1.54) is 19.1 Å². The van der Waals surface area contributed by atoms with Crippen LogP contribution in [0, 0.1) is 0 Å². The Morgan fingerprint density at radius 2 is 1.76 bits per heavy atom. The summed E-state index contributed by atoms with van der Waals surface area (Å²) in [5.74, 6) is 0. The third-order valence-corrected chi connectivity index (χ3v) is 4.36. The summed E-state index contributed by atoms with van der Waals surface area (Å²) < 4.78 is 25.9. The number of sulfonamides is 1. The molecule has 0 radical (unpaired) electrons. The lowest BCUT2D eigenvalue weighted by Crippen LogP contribution is -2.31. The number of hydrogen-bond donors (Lipinski definition) is 2. The molecular formula is C9H10Cl3NO3S. The molecule has 0 unspecified atom stereocenters. The number of rotatable bonds is 4. The summed E-state index contributed by atoms with van der Waals surface area (Å²) in [6.45, 7) is 1.32. The van der Waals surface area contributed by atoms with E-state index in [0.29, 0.717) is 0 Å². The van der Waals surface area contributed by atoms with Gasteiger partial charge in [-0.15, -0.1) is 0 Å². The van der Waals surface area contributed by atoms with Crippen molar-refractivity contribution < 1.29 is 13.5 Å². The fraction of sp³-hybridized carbons (Fsp3) is 0.333. The zero-order chi connectivity index (χ0) is 13.2. The van der Waals surface area contributed by atoms with Crippen LogP contribution in [0.25, 0.3) is 0 Å². The second-order valence-corrected chi connectivity index (χ2v) is 6.35. The van der Waals surface area contributed by atoms with E-state index < -0.39 is 16.1 Å². The summed E-state index contributed by atoms with van der Waals surface area (Å²) in [7, 11) is -3.87. The molecule has 0 fully saturated rings. The Morgan fingerprint density at radius 1 is 1.29 bits per heavy atom. The zero-order valence-corrected chi connectivity index (χ0v) is 11.8. The number of halogens is 3. The van der Waals surface area contributed by atoms with Gasteiger partial charge in [-0.25, -0.2) is 13.1 Å². The number of aliphatic hydroxyl groups excluding tert-OH is 1. The topological polar surface area (TPSA) is 66.4 Å². The summed E-state index contributed by atoms with van der Waals surface area (Å²) in [6, 6.07) is 2.57. The van der Waals surface area contributed by atoms with Gasteiger partial charge < -0.3 is 5.11 Å². The fourth-order valence-electron chi connectivity index (χ4n) is 1.09. The van der Waals surface area contributed by atoms with Crippen molar-refractivity contribution in [2.45, 2.75) is 17.9 Å². The van der Waals surface area contributed by atoms with E-state index in [4.69, 9.17) is 39.9 Å². The SMILES string of the molecule is C[C@H](O)CNS(=O)(=O)c1c(Cl)cc(Cl)cc1Cl. The number of nitrogens with one attached hydrogen (secondary N) is 1. The lowest BCUT2D eigenvalue weighted by molar-refractivity contribution is 0.198. The standard InChI is InChI=1S/C9H10Cl3NO3S/c1-5(14)4-13-17(15,16)9-7(11)2-6(10)3-8(9)12/h2-3,5,13-14H,4H2,1H3/t5-/m0/s1. The molecule has 0 amide bonds. The minimum absolute atomic E-state index is 0.0689. The van der Waals surface area contributed by atoms with E-state index in [0.717, 1.165) is 0 Å². The van der Waals surface area contributed by atoms with Crippen LogP contribution in [0.1, 0.15) is 6.92 Å². The van der Waals surface area contributed by atoms with Gasteiger partial charge >= 0.3 is 0 Å². The van der Waals surface area contributed by atoms with Crippen molar-refractivity contribution in [3.63, 3.8) is 0 Å². The third kappa shape index (κ3) is 3.98. The largest absolute Gasteiger partial charge is 0.392 e. The van der Waals surface area contributed by atoms with Gasteiger partial charge in [-0.3, -0.25) is 0 Å². The van der Waals surface area contributed by atoms with Gasteiger partial charge in [-0.1, -0.05) is 34.8 Å². The normalized spacial score (nSPS) is 13.7. The molecule has 0 bridgehead atoms. The maximum Gasteiger partial charge on any atom is 0.243 e. The predicted octanol–water partition coefficient (Wildman–Crippen LogP) is 2.31. The lowest BCUT2D eigenvalue weighted by Gasteiger charge is -2.11. The van der Waals surface area contributed by atoms with E-state index >= 15 is 0 Å². The summed E-state index contributed by atoms with van der Waals surface area (Å²) in [5.41, 5.74) is 0. The van der Waals surface area contributed by atoms with Crippen molar-refractivity contribution in [2.24, 2.45) is 0 Å². The van der Waals surface area contributed by atoms with Crippen LogP contribution in [0.5, 0.6) is 0 Å². The predicted molar refractivity (Wildman–Crippen MR) is 68.3 cm³/mol. The molecule has 0 saturated heterocycles. The Bertz CT molecular complexity index is 493. The molecule has 1 aromatic carbocycles. The van der Waals surface area contributed by atoms with Crippen molar-refractivity contribution in [1.82, 2.24) is 4.72 Å². The maximum atomic E-state index is 11.9. The van der Waals surface area contributed by atoms with Crippen LogP contribution in [0.15, 0.2) is 17.0 Å². The smallest absolute Gasteiger partial charge is 0.243 e. The number of benzene rings is 1. The first-order valence-corrected chi connectivity index (χ1v) is 7.18. The van der Waals surface area contributed by atoms with E-state index in [1.54, 1.807) is 0 Å². The highest BCUT2D eigenvalue weighted by molar-refractivity contribution is 7.89. The zero-order valence-electron chi connectivity index (χ0n) is 8.75. The molecule has 0 spiro atoms. The molecule has 1 atom stereocenters. The Morgan fingerprint density at radius 3 is 2.18 bits per heavy atom. The molecule has 0 aliphatic heterocycles. The monoisotopic (exact) mass is 317 g/mol. The molecule has 1 aromatic rings. The minimum atomic E-state index is -3.87. The molecule has 17 heavy (non-hydrogen) atoms. The molecule has 0 aliphatic rings. The number of aliphatic hydroxyl groups is 1. The van der Waals surface area contributed by atoms with E-state index in [-0.39, 0.29) is 26.5 Å². The van der Waals surface area contributed by atoms with Crippen molar-refractivity contribution >= 4 is 44.8 Å². The first-order valence-electron chi connectivity index (χ1n) is 4.56. The van der Waals surface area contributed by atoms with Crippen LogP contribution >= 0.6 is 34.8 Å². The van der Waals surface area contributed by atoms with Crippen molar-refractivity contribution in [2.75, 3.05) is 6.54 Å². The minimum Gasteiger partial charge on any atom is -0.392 e. The molecule has 0 saturated carbocycles. The molecule has 0 heterocycles. The lowest BCUT2D eigenvalue weighted by atomic mass is 10.4. The molecule has 4 nitrogen and oxygen atoms in total. The summed E-state index contributed by atoms with van der Waals surface area (Å²) >= 11 is 17.2. The summed E-state index contributed by atoms with van der Waals surface area (Å²) in [6.07, 6.45) is -0.811. The average molecular weight is 319 g/mol. The van der Waals surface area contributed by atoms with Crippen LogP contribution in [0.4, 0.5) is 0 Å². The van der Waals surface area contributed by atoms with Gasteiger partial charge in [-0.2, -0.15) is 0 Å². The molecule has 0 aromatic heterocycles. The van der Waals surface area contributed by atoms with Gasteiger partial charge in [0.1, 0.15) is 4.90 Å². The van der Waals surface area contributed by atoms with Gasteiger partial charge in [0.15, 0.2) is 0 Å².